The van der Waals surface area contributed by atoms with Crippen molar-refractivity contribution in [2.45, 2.75) is 19.4 Å². The minimum absolute atomic E-state index is 0.00306. The smallest absolute Gasteiger partial charge is 0.235 e. The minimum atomic E-state index is -3.17. The molecule has 2 aliphatic heterocycles. The predicted molar refractivity (Wildman–Crippen MR) is 83.0 cm³/mol. The summed E-state index contributed by atoms with van der Waals surface area (Å²) in [5.74, 6) is 0.133. The summed E-state index contributed by atoms with van der Waals surface area (Å²) in [6.45, 7) is 2.05. The van der Waals surface area contributed by atoms with Crippen LogP contribution in [0, 0.1) is 5.92 Å². The standard InChI is InChI=1S/C15H20N2O4S/c18-15(13-5-7-21-11-13)16-10-12-3-1-4-14(9-12)17-6-2-8-22(17,19)20/h1,3-4,9,13H,2,5-8,10-11H2,(H,16,18). The van der Waals surface area contributed by atoms with Crippen molar-refractivity contribution in [1.82, 2.24) is 5.32 Å². The molecule has 120 valence electrons. The third-order valence-corrected chi connectivity index (χ3v) is 5.93. The lowest BCUT2D eigenvalue weighted by Gasteiger charge is -2.18. The number of hydrogen-bond acceptors (Lipinski definition) is 4. The van der Waals surface area contributed by atoms with Gasteiger partial charge in [0.25, 0.3) is 0 Å². The number of ether oxygens (including phenoxy) is 1. The number of benzene rings is 1. The molecule has 0 saturated carbocycles. The fraction of sp³-hybridized carbons (Fsp3) is 0.533. The molecule has 1 atom stereocenters. The van der Waals surface area contributed by atoms with Crippen LogP contribution in [0.25, 0.3) is 0 Å². The molecular weight excluding hydrogens is 304 g/mol. The molecule has 2 heterocycles. The fourth-order valence-electron chi connectivity index (χ4n) is 2.83. The molecular formula is C15H20N2O4S. The summed E-state index contributed by atoms with van der Waals surface area (Å²) in [7, 11) is -3.17. The lowest BCUT2D eigenvalue weighted by molar-refractivity contribution is -0.125. The molecule has 2 fully saturated rings. The van der Waals surface area contributed by atoms with E-state index < -0.39 is 10.0 Å². The second-order valence-corrected chi connectivity index (χ2v) is 7.70. The molecule has 22 heavy (non-hydrogen) atoms. The Hall–Kier alpha value is -1.60. The number of sulfonamides is 1. The van der Waals surface area contributed by atoms with Gasteiger partial charge in [0.15, 0.2) is 0 Å². The van der Waals surface area contributed by atoms with Crippen LogP contribution in [0.15, 0.2) is 24.3 Å². The Morgan fingerprint density at radius 2 is 2.27 bits per heavy atom. The first-order chi connectivity index (χ1) is 10.6. The molecule has 1 amide bonds. The van der Waals surface area contributed by atoms with Crippen LogP contribution in [0.1, 0.15) is 18.4 Å². The van der Waals surface area contributed by atoms with Crippen LogP contribution in [0.4, 0.5) is 5.69 Å². The van der Waals surface area contributed by atoms with Crippen LogP contribution < -0.4 is 9.62 Å². The van der Waals surface area contributed by atoms with Crippen molar-refractivity contribution in [1.29, 1.82) is 0 Å². The van der Waals surface area contributed by atoms with Gasteiger partial charge in [-0.3, -0.25) is 9.10 Å². The third-order valence-electron chi connectivity index (χ3n) is 4.07. The van der Waals surface area contributed by atoms with E-state index in [2.05, 4.69) is 5.32 Å². The van der Waals surface area contributed by atoms with E-state index in [0.29, 0.717) is 38.4 Å². The fourth-order valence-corrected chi connectivity index (χ4v) is 4.38. The molecule has 6 nitrogen and oxygen atoms in total. The van der Waals surface area contributed by atoms with Crippen LogP contribution in [0.2, 0.25) is 0 Å². The molecule has 1 aromatic carbocycles. The van der Waals surface area contributed by atoms with Crippen molar-refractivity contribution in [3.05, 3.63) is 29.8 Å². The predicted octanol–water partition coefficient (Wildman–Crippen LogP) is 0.879. The average Bonchev–Trinajstić information content (AvgIpc) is 3.14. The normalized spacial score (nSPS) is 23.6. The maximum atomic E-state index is 12.0. The summed E-state index contributed by atoms with van der Waals surface area (Å²) >= 11 is 0. The molecule has 0 spiro atoms. The number of rotatable bonds is 4. The van der Waals surface area contributed by atoms with Crippen molar-refractivity contribution in [2.24, 2.45) is 5.92 Å². The molecule has 0 bridgehead atoms. The molecule has 1 aromatic rings. The number of nitrogens with one attached hydrogen (secondary N) is 1. The van der Waals surface area contributed by atoms with Gasteiger partial charge in [-0.25, -0.2) is 8.42 Å². The molecule has 3 rings (SSSR count). The van der Waals surface area contributed by atoms with E-state index in [1.165, 1.54) is 4.31 Å². The molecule has 0 aliphatic carbocycles. The summed E-state index contributed by atoms with van der Waals surface area (Å²) in [5, 5.41) is 2.89. The second kappa shape index (κ2) is 6.26. The lowest BCUT2D eigenvalue weighted by atomic mass is 10.1. The van der Waals surface area contributed by atoms with E-state index >= 15 is 0 Å². The molecule has 2 aliphatic rings. The van der Waals surface area contributed by atoms with Gasteiger partial charge in [-0.15, -0.1) is 0 Å². The van der Waals surface area contributed by atoms with Crippen LogP contribution in [0.3, 0.4) is 0 Å². The summed E-state index contributed by atoms with van der Waals surface area (Å²) < 4.78 is 30.6. The first-order valence-electron chi connectivity index (χ1n) is 7.51. The van der Waals surface area contributed by atoms with Gasteiger partial charge in [0.1, 0.15) is 0 Å². The van der Waals surface area contributed by atoms with Crippen LogP contribution in [-0.2, 0) is 26.1 Å². The van der Waals surface area contributed by atoms with Gasteiger partial charge >= 0.3 is 0 Å². The van der Waals surface area contributed by atoms with Gasteiger partial charge in [0, 0.05) is 19.7 Å². The lowest BCUT2D eigenvalue weighted by Crippen LogP contribution is -2.30. The monoisotopic (exact) mass is 324 g/mol. The van der Waals surface area contributed by atoms with Gasteiger partial charge in [0.2, 0.25) is 15.9 Å². The zero-order valence-corrected chi connectivity index (χ0v) is 13.1. The van der Waals surface area contributed by atoms with E-state index in [9.17, 15) is 13.2 Å². The van der Waals surface area contributed by atoms with Crippen molar-refractivity contribution < 1.29 is 17.9 Å². The molecule has 7 heteroatoms. The molecule has 1 N–H and O–H groups in total. The second-order valence-electron chi connectivity index (χ2n) is 5.69. The topological polar surface area (TPSA) is 75.7 Å². The number of nitrogens with zero attached hydrogens (tertiary/aromatic N) is 1. The van der Waals surface area contributed by atoms with Gasteiger partial charge in [-0.1, -0.05) is 12.1 Å². The zero-order chi connectivity index (χ0) is 15.6. The van der Waals surface area contributed by atoms with E-state index in [4.69, 9.17) is 4.74 Å². The highest BCUT2D eigenvalue weighted by molar-refractivity contribution is 7.93. The number of amides is 1. The van der Waals surface area contributed by atoms with E-state index in [-0.39, 0.29) is 17.6 Å². The molecule has 0 radical (unpaired) electrons. The van der Waals surface area contributed by atoms with Crippen molar-refractivity contribution in [3.8, 4) is 0 Å². The highest BCUT2D eigenvalue weighted by atomic mass is 32.2. The van der Waals surface area contributed by atoms with E-state index in [1.54, 1.807) is 6.07 Å². The largest absolute Gasteiger partial charge is 0.381 e. The molecule has 1 unspecified atom stereocenters. The maximum Gasteiger partial charge on any atom is 0.235 e. The highest BCUT2D eigenvalue weighted by Gasteiger charge is 2.28. The zero-order valence-electron chi connectivity index (χ0n) is 12.3. The Labute approximate surface area is 130 Å². The quantitative estimate of drug-likeness (QED) is 0.892. The van der Waals surface area contributed by atoms with E-state index in [0.717, 1.165) is 12.0 Å². The first kappa shape index (κ1) is 15.3. The van der Waals surface area contributed by atoms with Gasteiger partial charge in [0.05, 0.1) is 24.0 Å². The number of carbonyl (C=O) groups excluding carboxylic acids is 1. The SMILES string of the molecule is O=C(NCc1cccc(N2CCCS2(=O)=O)c1)C1CCOC1. The summed E-state index contributed by atoms with van der Waals surface area (Å²) in [6.07, 6.45) is 1.42. The molecule has 0 aromatic heterocycles. The van der Waals surface area contributed by atoms with E-state index in [1.807, 2.05) is 18.2 Å². The Kier molecular flexibility index (Phi) is 4.35. The van der Waals surface area contributed by atoms with Gasteiger partial charge < -0.3 is 10.1 Å². The van der Waals surface area contributed by atoms with Crippen LogP contribution >= 0.6 is 0 Å². The summed E-state index contributed by atoms with van der Waals surface area (Å²) in [6, 6.07) is 7.33. The van der Waals surface area contributed by atoms with Crippen LogP contribution in [0.5, 0.6) is 0 Å². The number of hydrogen-bond donors (Lipinski definition) is 1. The van der Waals surface area contributed by atoms with Crippen LogP contribution in [-0.4, -0.2) is 39.8 Å². The van der Waals surface area contributed by atoms with Gasteiger partial charge in [-0.05, 0) is 30.5 Å². The first-order valence-corrected chi connectivity index (χ1v) is 9.12. The maximum absolute atomic E-state index is 12.0. The average molecular weight is 324 g/mol. The molecule has 2 saturated heterocycles. The minimum Gasteiger partial charge on any atom is -0.381 e. The highest BCUT2D eigenvalue weighted by Crippen LogP contribution is 2.24. The Morgan fingerprint density at radius 1 is 1.41 bits per heavy atom. The van der Waals surface area contributed by atoms with Crippen molar-refractivity contribution in [2.75, 3.05) is 29.8 Å². The number of anilines is 1. The third kappa shape index (κ3) is 3.25. The summed E-state index contributed by atoms with van der Waals surface area (Å²) in [4.78, 5) is 12.0. The Morgan fingerprint density at radius 3 is 2.95 bits per heavy atom. The van der Waals surface area contributed by atoms with Crippen molar-refractivity contribution in [3.63, 3.8) is 0 Å². The number of carbonyl (C=O) groups is 1. The van der Waals surface area contributed by atoms with Crippen molar-refractivity contribution >= 4 is 21.6 Å². The van der Waals surface area contributed by atoms with Gasteiger partial charge in [-0.2, -0.15) is 0 Å². The summed E-state index contributed by atoms with van der Waals surface area (Å²) in [5.41, 5.74) is 1.57. The Bertz CT molecular complexity index is 653. The Balaban J connectivity index is 1.65.